The molecule has 9 nitrogen and oxygen atoms in total. The Kier molecular flexibility index (Phi) is 40.1. The van der Waals surface area contributed by atoms with Gasteiger partial charge in [0.15, 0.2) is 6.10 Å². The van der Waals surface area contributed by atoms with E-state index in [0.717, 1.165) is 64.2 Å². The van der Waals surface area contributed by atoms with Crippen LogP contribution in [0.25, 0.3) is 0 Å². The van der Waals surface area contributed by atoms with E-state index >= 15 is 0 Å². The fraction of sp³-hybridized carbons (Fsp3) is 0.778. The van der Waals surface area contributed by atoms with Crippen LogP contribution in [0, 0.1) is 0 Å². The number of unbranched alkanes of at least 4 members (excludes halogenated alkanes) is 20. The molecular formula is C45H82NO8P. The van der Waals surface area contributed by atoms with Gasteiger partial charge >= 0.3 is 19.8 Å². The largest absolute Gasteiger partial charge is 0.472 e. The molecule has 0 aromatic heterocycles. The van der Waals surface area contributed by atoms with Crippen LogP contribution in [0.3, 0.4) is 0 Å². The van der Waals surface area contributed by atoms with E-state index in [4.69, 9.17) is 24.3 Å². The minimum absolute atomic E-state index is 0.0530. The Morgan fingerprint density at radius 2 is 1.00 bits per heavy atom. The van der Waals surface area contributed by atoms with Crippen molar-refractivity contribution < 1.29 is 37.6 Å². The second-order valence-electron chi connectivity index (χ2n) is 14.5. The summed E-state index contributed by atoms with van der Waals surface area (Å²) >= 11 is 0. The molecule has 2 unspecified atom stereocenters. The van der Waals surface area contributed by atoms with E-state index in [-0.39, 0.29) is 38.6 Å². The summed E-state index contributed by atoms with van der Waals surface area (Å²) in [6, 6.07) is 0. The molecule has 0 radical (unpaired) electrons. The fourth-order valence-electron chi connectivity index (χ4n) is 5.98. The van der Waals surface area contributed by atoms with Crippen LogP contribution >= 0.6 is 7.82 Å². The maximum Gasteiger partial charge on any atom is 0.472 e. The molecule has 320 valence electrons. The van der Waals surface area contributed by atoms with Crippen molar-refractivity contribution in [2.45, 2.75) is 200 Å². The van der Waals surface area contributed by atoms with Crippen molar-refractivity contribution in [1.82, 2.24) is 0 Å². The molecule has 0 amide bonds. The molecule has 0 aliphatic heterocycles. The van der Waals surface area contributed by atoms with Gasteiger partial charge in [0, 0.05) is 19.4 Å². The summed E-state index contributed by atoms with van der Waals surface area (Å²) in [6.45, 7) is 3.60. The van der Waals surface area contributed by atoms with Crippen LogP contribution in [-0.2, 0) is 32.7 Å². The summed E-state index contributed by atoms with van der Waals surface area (Å²) in [5.41, 5.74) is 5.34. The molecule has 0 aromatic rings. The first-order chi connectivity index (χ1) is 26.8. The average Bonchev–Trinajstić information content (AvgIpc) is 3.17. The van der Waals surface area contributed by atoms with Crippen molar-refractivity contribution in [3.63, 3.8) is 0 Å². The number of phosphoric acid groups is 1. The molecule has 0 rings (SSSR count). The molecule has 3 N–H and O–H groups in total. The monoisotopic (exact) mass is 796 g/mol. The summed E-state index contributed by atoms with van der Waals surface area (Å²) in [5, 5.41) is 0. The van der Waals surface area contributed by atoms with E-state index in [2.05, 4.69) is 62.5 Å². The van der Waals surface area contributed by atoms with Crippen LogP contribution in [0.2, 0.25) is 0 Å². The van der Waals surface area contributed by atoms with Crippen molar-refractivity contribution in [1.29, 1.82) is 0 Å². The maximum absolute atomic E-state index is 12.6. The van der Waals surface area contributed by atoms with Gasteiger partial charge in [-0.25, -0.2) is 4.57 Å². The normalized spacial score (nSPS) is 13.7. The van der Waals surface area contributed by atoms with Gasteiger partial charge in [0.05, 0.1) is 13.2 Å². The molecular weight excluding hydrogens is 713 g/mol. The van der Waals surface area contributed by atoms with Crippen LogP contribution in [0.5, 0.6) is 0 Å². The number of hydrogen-bond acceptors (Lipinski definition) is 8. The zero-order valence-electron chi connectivity index (χ0n) is 35.2. The molecule has 0 spiro atoms. The van der Waals surface area contributed by atoms with Crippen molar-refractivity contribution in [2.24, 2.45) is 5.73 Å². The van der Waals surface area contributed by atoms with Crippen molar-refractivity contribution in [3.8, 4) is 0 Å². The van der Waals surface area contributed by atoms with E-state index in [0.29, 0.717) is 6.42 Å². The summed E-state index contributed by atoms with van der Waals surface area (Å²) in [5.74, 6) is -0.832. The van der Waals surface area contributed by atoms with Gasteiger partial charge in [-0.05, 0) is 51.4 Å². The van der Waals surface area contributed by atoms with Crippen molar-refractivity contribution in [2.75, 3.05) is 26.4 Å². The highest BCUT2D eigenvalue weighted by Gasteiger charge is 2.26. The van der Waals surface area contributed by atoms with E-state index in [1.807, 2.05) is 0 Å². The van der Waals surface area contributed by atoms with Crippen LogP contribution in [0.15, 0.2) is 48.6 Å². The number of ether oxygens (including phenoxy) is 2. The molecule has 0 saturated carbocycles. The summed E-state index contributed by atoms with van der Waals surface area (Å²) in [7, 11) is -4.37. The lowest BCUT2D eigenvalue weighted by atomic mass is 10.0. The van der Waals surface area contributed by atoms with E-state index in [1.165, 1.54) is 96.3 Å². The maximum atomic E-state index is 12.6. The van der Waals surface area contributed by atoms with Gasteiger partial charge < -0.3 is 20.1 Å². The number of carbonyl (C=O) groups excluding carboxylic acids is 2. The lowest BCUT2D eigenvalue weighted by molar-refractivity contribution is -0.161. The summed E-state index contributed by atoms with van der Waals surface area (Å²) in [4.78, 5) is 34.8. The topological polar surface area (TPSA) is 134 Å². The number of phosphoric ester groups is 1. The summed E-state index contributed by atoms with van der Waals surface area (Å²) < 4.78 is 32.7. The Morgan fingerprint density at radius 1 is 0.564 bits per heavy atom. The van der Waals surface area contributed by atoms with Crippen LogP contribution < -0.4 is 5.73 Å². The number of esters is 2. The van der Waals surface area contributed by atoms with Gasteiger partial charge in [-0.2, -0.15) is 0 Å². The highest BCUT2D eigenvalue weighted by atomic mass is 31.2. The molecule has 55 heavy (non-hydrogen) atoms. The fourth-order valence-corrected chi connectivity index (χ4v) is 6.74. The van der Waals surface area contributed by atoms with E-state index < -0.39 is 26.5 Å². The molecule has 0 aliphatic carbocycles. The van der Waals surface area contributed by atoms with Gasteiger partial charge in [0.25, 0.3) is 0 Å². The zero-order valence-corrected chi connectivity index (χ0v) is 36.0. The standard InChI is InChI=1S/C45H82NO8P/c1-3-5-7-9-11-13-14-15-16-17-18-19-20-21-22-23-24-25-26-27-28-30-32-34-36-38-45(48)54-43(42-53-55(49,50)52-40-39-46)41-51-44(47)37-35-33-31-29-12-10-8-6-4-2/h5,7,11,13,15-16,18-19,43H,3-4,6,8-10,12,14,17,20-42,46H2,1-2H3,(H,49,50)/b7-5-,13-11-,16-15-,19-18-. The lowest BCUT2D eigenvalue weighted by Gasteiger charge is -2.19. The number of rotatable bonds is 41. The van der Waals surface area contributed by atoms with Crippen LogP contribution in [0.1, 0.15) is 194 Å². The van der Waals surface area contributed by atoms with Crippen LogP contribution in [0.4, 0.5) is 0 Å². The van der Waals surface area contributed by atoms with Gasteiger partial charge in [-0.1, -0.05) is 178 Å². The molecule has 0 fully saturated rings. The quantitative estimate of drug-likeness (QED) is 0.0268. The molecule has 0 saturated heterocycles. The SMILES string of the molecule is CC/C=C\C/C=C\C/C=C\C/C=C\CCCCCCCCCCCCCCC(=O)OC(COC(=O)CCCCCCCCCCC)COP(=O)(O)OCCN. The Morgan fingerprint density at radius 3 is 1.49 bits per heavy atom. The smallest absolute Gasteiger partial charge is 0.462 e. The van der Waals surface area contributed by atoms with Gasteiger partial charge in [-0.15, -0.1) is 0 Å². The Balaban J connectivity index is 4.01. The predicted octanol–water partition coefficient (Wildman–Crippen LogP) is 12.7. The first kappa shape index (κ1) is 53.0. The van der Waals surface area contributed by atoms with Gasteiger partial charge in [0.2, 0.25) is 0 Å². The van der Waals surface area contributed by atoms with E-state index in [1.54, 1.807) is 0 Å². The second-order valence-corrected chi connectivity index (χ2v) is 16.0. The Hall–Kier alpha value is -2.03. The number of hydrogen-bond donors (Lipinski definition) is 2. The second kappa shape index (κ2) is 41.6. The Labute approximate surface area is 336 Å². The zero-order chi connectivity index (χ0) is 40.3. The molecule has 0 bridgehead atoms. The van der Waals surface area contributed by atoms with E-state index in [9.17, 15) is 19.0 Å². The summed E-state index contributed by atoms with van der Waals surface area (Å²) in [6.07, 6.45) is 47.3. The third-order valence-electron chi connectivity index (χ3n) is 9.23. The predicted molar refractivity (Wildman–Crippen MR) is 229 cm³/mol. The van der Waals surface area contributed by atoms with Crippen molar-refractivity contribution in [3.05, 3.63) is 48.6 Å². The minimum Gasteiger partial charge on any atom is -0.462 e. The van der Waals surface area contributed by atoms with Gasteiger partial charge in [0.1, 0.15) is 6.61 Å². The highest BCUT2D eigenvalue weighted by molar-refractivity contribution is 7.47. The molecule has 0 heterocycles. The molecule has 10 heteroatoms. The number of allylic oxidation sites excluding steroid dienone is 8. The lowest BCUT2D eigenvalue weighted by Crippen LogP contribution is -2.29. The molecule has 0 aromatic carbocycles. The van der Waals surface area contributed by atoms with Crippen molar-refractivity contribution >= 4 is 19.8 Å². The first-order valence-corrected chi connectivity index (χ1v) is 23.6. The molecule has 0 aliphatic rings. The minimum atomic E-state index is -4.37. The third kappa shape index (κ3) is 41.4. The van der Waals surface area contributed by atoms with Crippen LogP contribution in [-0.4, -0.2) is 49.3 Å². The Bertz CT molecular complexity index is 1040. The molecule has 2 atom stereocenters. The highest BCUT2D eigenvalue weighted by Crippen LogP contribution is 2.43. The third-order valence-corrected chi connectivity index (χ3v) is 10.2. The number of carbonyl (C=O) groups is 2. The number of nitrogens with two attached hydrogens (primary N) is 1. The first-order valence-electron chi connectivity index (χ1n) is 22.1. The average molecular weight is 796 g/mol. The van der Waals surface area contributed by atoms with Gasteiger partial charge in [-0.3, -0.25) is 18.6 Å².